The van der Waals surface area contributed by atoms with Gasteiger partial charge in [0.1, 0.15) is 29.9 Å². The normalized spacial score (nSPS) is 12.1. The van der Waals surface area contributed by atoms with Gasteiger partial charge in [0.2, 0.25) is 5.88 Å². The number of nitrogens with zero attached hydrogens (tertiary/aromatic N) is 2. The molecule has 0 saturated heterocycles. The summed E-state index contributed by atoms with van der Waals surface area (Å²) < 4.78 is 19.2. The summed E-state index contributed by atoms with van der Waals surface area (Å²) in [7, 11) is 0. The minimum Gasteiger partial charge on any atom is -0.437 e. The van der Waals surface area contributed by atoms with Gasteiger partial charge < -0.3 is 15.4 Å². The molecule has 130 valence electrons. The van der Waals surface area contributed by atoms with Gasteiger partial charge in [-0.05, 0) is 36.4 Å². The number of rotatable bonds is 3. The van der Waals surface area contributed by atoms with Crippen molar-refractivity contribution in [1.82, 2.24) is 9.97 Å². The Kier molecular flexibility index (Phi) is 4.14. The van der Waals surface area contributed by atoms with E-state index in [9.17, 15) is 9.18 Å². The Morgan fingerprint density at radius 3 is 2.92 bits per heavy atom. The number of hydrogen-bond acceptors (Lipinski definition) is 6. The van der Waals surface area contributed by atoms with E-state index >= 15 is 0 Å². The second-order valence-corrected chi connectivity index (χ2v) is 6.00. The molecule has 0 bridgehead atoms. The Hall–Kier alpha value is -3.19. The van der Waals surface area contributed by atoms with Crippen LogP contribution in [0.4, 0.5) is 21.6 Å². The van der Waals surface area contributed by atoms with Gasteiger partial charge in [0.25, 0.3) is 0 Å². The third kappa shape index (κ3) is 3.04. The molecule has 3 aromatic rings. The summed E-state index contributed by atoms with van der Waals surface area (Å²) in [5.74, 6) is 0.910. The molecular formula is C18H12ClFN4O2. The van der Waals surface area contributed by atoms with Crippen LogP contribution in [0.5, 0.6) is 11.6 Å². The molecule has 1 aliphatic heterocycles. The van der Waals surface area contributed by atoms with Crippen molar-refractivity contribution in [2.75, 3.05) is 10.6 Å². The molecule has 26 heavy (non-hydrogen) atoms. The van der Waals surface area contributed by atoms with Crippen LogP contribution in [0.15, 0.2) is 42.7 Å². The van der Waals surface area contributed by atoms with Crippen molar-refractivity contribution < 1.29 is 13.9 Å². The zero-order chi connectivity index (χ0) is 18.1. The molecule has 0 unspecified atom stereocenters. The first-order valence-electron chi connectivity index (χ1n) is 7.71. The van der Waals surface area contributed by atoms with Crippen LogP contribution in [0.3, 0.4) is 0 Å². The first-order chi connectivity index (χ1) is 12.6. The first kappa shape index (κ1) is 16.3. The fourth-order valence-corrected chi connectivity index (χ4v) is 2.79. The Morgan fingerprint density at radius 2 is 2.12 bits per heavy atom. The van der Waals surface area contributed by atoms with Crippen molar-refractivity contribution in [3.63, 3.8) is 0 Å². The van der Waals surface area contributed by atoms with Gasteiger partial charge in [-0.15, -0.1) is 0 Å². The molecule has 8 heteroatoms. The summed E-state index contributed by atoms with van der Waals surface area (Å²) in [4.78, 5) is 19.4. The largest absolute Gasteiger partial charge is 0.437 e. The Labute approximate surface area is 153 Å². The van der Waals surface area contributed by atoms with Crippen LogP contribution in [0, 0.1) is 5.82 Å². The first-order valence-corrected chi connectivity index (χ1v) is 8.09. The number of benzene rings is 2. The highest BCUT2D eigenvalue weighted by molar-refractivity contribution is 6.31. The number of fused-ring (bicyclic) bond motifs is 2. The van der Waals surface area contributed by atoms with Crippen molar-refractivity contribution in [3.8, 4) is 11.6 Å². The number of aldehydes is 1. The van der Waals surface area contributed by atoms with E-state index in [1.165, 1.54) is 18.5 Å². The molecule has 2 aromatic carbocycles. The maximum atomic E-state index is 13.3. The van der Waals surface area contributed by atoms with Crippen LogP contribution in [0.25, 0.3) is 0 Å². The predicted octanol–water partition coefficient (Wildman–Crippen LogP) is 4.54. The van der Waals surface area contributed by atoms with E-state index in [0.29, 0.717) is 40.9 Å². The molecule has 0 atom stereocenters. The zero-order valence-electron chi connectivity index (χ0n) is 13.3. The highest BCUT2D eigenvalue weighted by Crippen LogP contribution is 2.38. The smallest absolute Gasteiger partial charge is 0.248 e. The molecule has 2 heterocycles. The number of hydrogen-bond donors (Lipinski definition) is 2. The van der Waals surface area contributed by atoms with Gasteiger partial charge in [-0.1, -0.05) is 11.6 Å². The van der Waals surface area contributed by atoms with Crippen LogP contribution in [0.2, 0.25) is 5.02 Å². The average molecular weight is 371 g/mol. The topological polar surface area (TPSA) is 76.1 Å². The van der Waals surface area contributed by atoms with Gasteiger partial charge in [-0.3, -0.25) is 4.79 Å². The molecule has 1 aromatic heterocycles. The molecule has 6 nitrogen and oxygen atoms in total. The highest BCUT2D eigenvalue weighted by atomic mass is 35.5. The van der Waals surface area contributed by atoms with Crippen LogP contribution in [-0.2, 0) is 6.54 Å². The second kappa shape index (κ2) is 6.61. The van der Waals surface area contributed by atoms with E-state index in [1.54, 1.807) is 24.3 Å². The summed E-state index contributed by atoms with van der Waals surface area (Å²) in [5, 5.41) is 6.30. The lowest BCUT2D eigenvalue weighted by atomic mass is 10.1. The quantitative estimate of drug-likeness (QED) is 0.659. The molecule has 0 fully saturated rings. The third-order valence-electron chi connectivity index (χ3n) is 3.88. The van der Waals surface area contributed by atoms with E-state index in [-0.39, 0.29) is 5.02 Å². The summed E-state index contributed by atoms with van der Waals surface area (Å²) >= 11 is 5.82. The maximum Gasteiger partial charge on any atom is 0.248 e. The summed E-state index contributed by atoms with van der Waals surface area (Å²) in [6.45, 7) is 0.427. The lowest BCUT2D eigenvalue weighted by molar-refractivity contribution is 0.112. The van der Waals surface area contributed by atoms with Crippen molar-refractivity contribution in [1.29, 1.82) is 0 Å². The summed E-state index contributed by atoms with van der Waals surface area (Å²) in [6, 6.07) is 9.45. The fourth-order valence-electron chi connectivity index (χ4n) is 2.61. The number of nitrogens with one attached hydrogen (secondary N) is 2. The van der Waals surface area contributed by atoms with E-state index in [4.69, 9.17) is 16.3 Å². The van der Waals surface area contributed by atoms with Crippen molar-refractivity contribution in [2.45, 2.75) is 6.54 Å². The monoisotopic (exact) mass is 370 g/mol. The van der Waals surface area contributed by atoms with Gasteiger partial charge >= 0.3 is 0 Å². The van der Waals surface area contributed by atoms with Gasteiger partial charge in [-0.2, -0.15) is 4.98 Å². The fraction of sp³-hybridized carbons (Fsp3) is 0.0556. The lowest BCUT2D eigenvalue weighted by Gasteiger charge is -2.13. The number of anilines is 3. The minimum atomic E-state index is -0.498. The number of halogens is 2. The number of ether oxygens (including phenoxy) is 1. The Bertz CT molecular complexity index is 1010. The Balaban J connectivity index is 1.68. The van der Waals surface area contributed by atoms with E-state index < -0.39 is 5.82 Å². The summed E-state index contributed by atoms with van der Waals surface area (Å²) in [6.07, 6.45) is 2.14. The maximum absolute atomic E-state index is 13.3. The number of carbonyl (C=O) groups is 1. The van der Waals surface area contributed by atoms with E-state index in [0.717, 1.165) is 11.8 Å². The highest BCUT2D eigenvalue weighted by Gasteiger charge is 2.20. The molecule has 1 aliphatic rings. The van der Waals surface area contributed by atoms with Gasteiger partial charge in [0.15, 0.2) is 5.82 Å². The average Bonchev–Trinajstić information content (AvgIpc) is 2.84. The third-order valence-corrected chi connectivity index (χ3v) is 4.17. The van der Waals surface area contributed by atoms with Crippen LogP contribution in [-0.4, -0.2) is 16.3 Å². The van der Waals surface area contributed by atoms with Crippen molar-refractivity contribution in [2.24, 2.45) is 0 Å². The van der Waals surface area contributed by atoms with Crippen molar-refractivity contribution in [3.05, 3.63) is 64.7 Å². The predicted molar refractivity (Wildman–Crippen MR) is 96.0 cm³/mol. The van der Waals surface area contributed by atoms with E-state index in [2.05, 4.69) is 20.6 Å². The van der Waals surface area contributed by atoms with Crippen LogP contribution in [0.1, 0.15) is 15.9 Å². The molecule has 0 spiro atoms. The van der Waals surface area contributed by atoms with Gasteiger partial charge in [0.05, 0.1) is 5.02 Å². The van der Waals surface area contributed by atoms with E-state index in [1.807, 2.05) is 0 Å². The van der Waals surface area contributed by atoms with Crippen LogP contribution >= 0.6 is 11.6 Å². The number of carbonyl (C=O) groups excluding carboxylic acids is 1. The molecule has 0 saturated carbocycles. The van der Waals surface area contributed by atoms with Gasteiger partial charge in [-0.25, -0.2) is 9.37 Å². The lowest BCUT2D eigenvalue weighted by Crippen LogP contribution is -2.04. The van der Waals surface area contributed by atoms with Crippen molar-refractivity contribution >= 4 is 35.1 Å². The molecular weight excluding hydrogens is 359 g/mol. The minimum absolute atomic E-state index is 0.00755. The second-order valence-electron chi connectivity index (χ2n) is 5.60. The molecule has 0 amide bonds. The molecule has 0 radical (unpaired) electrons. The summed E-state index contributed by atoms with van der Waals surface area (Å²) in [5.41, 5.74) is 2.51. The molecule has 2 N–H and O–H groups in total. The SMILES string of the molecule is O=Cc1ccc2c(c1)CNc1c(Nc3ccc(F)c(Cl)c3)ncnc1O2. The molecule has 0 aliphatic carbocycles. The zero-order valence-corrected chi connectivity index (χ0v) is 14.0. The molecule has 4 rings (SSSR count). The van der Waals surface area contributed by atoms with Gasteiger partial charge in [0, 0.05) is 23.4 Å². The standard InChI is InChI=1S/C18H12ClFN4O2/c19-13-6-12(2-3-14(13)20)24-17-16-18(23-9-22-17)26-15-4-1-10(8-25)5-11(15)7-21-16/h1-6,8-9,21H,7H2,(H,22,23,24). The number of aromatic nitrogens is 2. The Morgan fingerprint density at radius 1 is 1.23 bits per heavy atom. The van der Waals surface area contributed by atoms with Crippen LogP contribution < -0.4 is 15.4 Å².